The Kier molecular flexibility index (Phi) is 5.04. The van der Waals surface area contributed by atoms with E-state index in [9.17, 15) is 9.59 Å². The van der Waals surface area contributed by atoms with E-state index >= 15 is 0 Å². The van der Waals surface area contributed by atoms with Crippen LogP contribution < -0.4 is 10.6 Å². The number of hydrogen-bond donors (Lipinski definition) is 2. The van der Waals surface area contributed by atoms with Gasteiger partial charge in [-0.15, -0.1) is 11.3 Å². The van der Waals surface area contributed by atoms with Crippen LogP contribution in [0.1, 0.15) is 45.6 Å². The smallest absolute Gasteiger partial charge is 0.254 e. The molecule has 4 rings (SSSR count). The third-order valence-electron chi connectivity index (χ3n) is 4.90. The van der Waals surface area contributed by atoms with Gasteiger partial charge >= 0.3 is 0 Å². The summed E-state index contributed by atoms with van der Waals surface area (Å²) in [6.45, 7) is 1.10. The molecule has 1 aliphatic carbocycles. The molecule has 1 unspecified atom stereocenters. The van der Waals surface area contributed by atoms with Crippen molar-refractivity contribution >= 4 is 28.2 Å². The normalized spacial score (nSPS) is 18.5. The van der Waals surface area contributed by atoms with Gasteiger partial charge in [0.25, 0.3) is 11.8 Å². The van der Waals surface area contributed by atoms with Gasteiger partial charge in [-0.25, -0.2) is 0 Å². The number of ether oxygens (including phenoxy) is 1. The van der Waals surface area contributed by atoms with Gasteiger partial charge in [0.1, 0.15) is 11.1 Å². The van der Waals surface area contributed by atoms with Gasteiger partial charge < -0.3 is 15.4 Å². The van der Waals surface area contributed by atoms with Crippen molar-refractivity contribution in [1.29, 1.82) is 0 Å². The van der Waals surface area contributed by atoms with Crippen LogP contribution in [0.25, 0.3) is 0 Å². The van der Waals surface area contributed by atoms with E-state index in [1.54, 1.807) is 0 Å². The van der Waals surface area contributed by atoms with Crippen molar-refractivity contribution in [3.8, 4) is 0 Å². The van der Waals surface area contributed by atoms with Crippen LogP contribution in [0.15, 0.2) is 30.3 Å². The molecule has 1 fully saturated rings. The average Bonchev–Trinajstić information content (AvgIpc) is 3.37. The van der Waals surface area contributed by atoms with Crippen LogP contribution in [0.5, 0.6) is 0 Å². The molecule has 1 aromatic carbocycles. The van der Waals surface area contributed by atoms with Gasteiger partial charge in [-0.3, -0.25) is 9.59 Å². The second-order valence-electron chi connectivity index (χ2n) is 6.72. The fraction of sp³-hybridized carbons (Fsp3) is 0.400. The molecule has 26 heavy (non-hydrogen) atoms. The van der Waals surface area contributed by atoms with Gasteiger partial charge in [-0.1, -0.05) is 30.3 Å². The number of fused-ring (bicyclic) bond motifs is 1. The highest BCUT2D eigenvalue weighted by molar-refractivity contribution is 7.17. The molecule has 136 valence electrons. The van der Waals surface area contributed by atoms with Crippen molar-refractivity contribution in [1.82, 2.24) is 5.32 Å². The standard InChI is InChI=1S/C20H22N2O3S/c23-18(15-9-5-11-25-15)22-20-17(14-8-4-10-16(14)26-20)19(24)21-12-13-6-2-1-3-7-13/h1-3,6-7,15H,4-5,8-12H2,(H,21,24)(H,22,23). The number of nitrogens with one attached hydrogen (secondary N) is 2. The molecule has 2 heterocycles. The zero-order valence-corrected chi connectivity index (χ0v) is 15.4. The van der Waals surface area contributed by atoms with Crippen LogP contribution in [0, 0.1) is 0 Å². The van der Waals surface area contributed by atoms with Crippen LogP contribution >= 0.6 is 11.3 Å². The Morgan fingerprint density at radius 1 is 1.15 bits per heavy atom. The summed E-state index contributed by atoms with van der Waals surface area (Å²) in [5.74, 6) is -0.254. The van der Waals surface area contributed by atoms with E-state index in [1.165, 1.54) is 16.2 Å². The van der Waals surface area contributed by atoms with Crippen molar-refractivity contribution in [2.75, 3.05) is 11.9 Å². The number of amides is 2. The molecule has 2 aliphatic rings. The molecule has 0 spiro atoms. The summed E-state index contributed by atoms with van der Waals surface area (Å²) in [4.78, 5) is 26.5. The molecule has 1 aromatic heterocycles. The fourth-order valence-electron chi connectivity index (χ4n) is 3.58. The monoisotopic (exact) mass is 370 g/mol. The Labute approximate surface area is 156 Å². The average molecular weight is 370 g/mol. The summed E-state index contributed by atoms with van der Waals surface area (Å²) in [5.41, 5.74) is 2.80. The van der Waals surface area contributed by atoms with Gasteiger partial charge in [-0.05, 0) is 43.2 Å². The number of rotatable bonds is 5. The van der Waals surface area contributed by atoms with E-state index in [0.717, 1.165) is 43.2 Å². The van der Waals surface area contributed by atoms with Crippen LogP contribution in [-0.2, 0) is 28.9 Å². The van der Waals surface area contributed by atoms with E-state index < -0.39 is 6.10 Å². The second-order valence-corrected chi connectivity index (χ2v) is 7.83. The number of benzene rings is 1. The van der Waals surface area contributed by atoms with E-state index in [4.69, 9.17) is 4.74 Å². The third-order valence-corrected chi connectivity index (χ3v) is 6.11. The van der Waals surface area contributed by atoms with Crippen molar-refractivity contribution in [2.45, 2.75) is 44.8 Å². The quantitative estimate of drug-likeness (QED) is 0.849. The van der Waals surface area contributed by atoms with Crippen molar-refractivity contribution in [2.24, 2.45) is 0 Å². The number of carbonyl (C=O) groups is 2. The Morgan fingerprint density at radius 2 is 2.00 bits per heavy atom. The van der Waals surface area contributed by atoms with Crippen LogP contribution in [0.4, 0.5) is 5.00 Å². The minimum Gasteiger partial charge on any atom is -0.368 e. The van der Waals surface area contributed by atoms with Gasteiger partial charge in [-0.2, -0.15) is 0 Å². The lowest BCUT2D eigenvalue weighted by atomic mass is 10.1. The van der Waals surface area contributed by atoms with E-state index in [1.807, 2.05) is 30.3 Å². The lowest BCUT2D eigenvalue weighted by Gasteiger charge is -2.12. The molecule has 0 radical (unpaired) electrons. The third kappa shape index (κ3) is 3.52. The minimum absolute atomic E-state index is 0.115. The summed E-state index contributed by atoms with van der Waals surface area (Å²) < 4.78 is 5.46. The number of carbonyl (C=O) groups excluding carboxylic acids is 2. The zero-order chi connectivity index (χ0) is 17.9. The van der Waals surface area contributed by atoms with Gasteiger partial charge in [0.15, 0.2) is 0 Å². The van der Waals surface area contributed by atoms with E-state index in [-0.39, 0.29) is 11.8 Å². The predicted molar refractivity (Wildman–Crippen MR) is 102 cm³/mol. The number of hydrogen-bond acceptors (Lipinski definition) is 4. The van der Waals surface area contributed by atoms with Crippen LogP contribution in [0.2, 0.25) is 0 Å². The Morgan fingerprint density at radius 3 is 2.77 bits per heavy atom. The summed E-state index contributed by atoms with van der Waals surface area (Å²) in [6.07, 6.45) is 4.20. The predicted octanol–water partition coefficient (Wildman–Crippen LogP) is 3.28. The molecule has 2 amide bonds. The maximum absolute atomic E-state index is 12.9. The van der Waals surface area contributed by atoms with Gasteiger partial charge in [0.2, 0.25) is 0 Å². The number of anilines is 1. The van der Waals surface area contributed by atoms with E-state index in [2.05, 4.69) is 10.6 Å². The molecule has 1 atom stereocenters. The van der Waals surface area contributed by atoms with Crippen molar-refractivity contribution < 1.29 is 14.3 Å². The molecule has 2 N–H and O–H groups in total. The van der Waals surface area contributed by atoms with Crippen LogP contribution in [-0.4, -0.2) is 24.5 Å². The summed E-state index contributed by atoms with van der Waals surface area (Å²) in [5, 5.41) is 6.62. The zero-order valence-electron chi connectivity index (χ0n) is 14.5. The second kappa shape index (κ2) is 7.60. The van der Waals surface area contributed by atoms with Gasteiger partial charge in [0, 0.05) is 18.0 Å². The molecule has 1 aliphatic heterocycles. The first kappa shape index (κ1) is 17.2. The fourth-order valence-corrected chi connectivity index (χ4v) is 4.87. The molecular formula is C20H22N2O3S. The maximum atomic E-state index is 12.9. The number of thiophene rings is 1. The first-order valence-corrected chi connectivity index (χ1v) is 9.93. The molecule has 0 saturated carbocycles. The highest BCUT2D eigenvalue weighted by atomic mass is 32.1. The molecular weight excluding hydrogens is 348 g/mol. The highest BCUT2D eigenvalue weighted by Crippen LogP contribution is 2.39. The topological polar surface area (TPSA) is 67.4 Å². The lowest BCUT2D eigenvalue weighted by Crippen LogP contribution is -2.29. The SMILES string of the molecule is O=C(NCc1ccccc1)c1c(NC(=O)C2CCCO2)sc2c1CCC2. The first-order valence-electron chi connectivity index (χ1n) is 9.11. The Balaban J connectivity index is 1.52. The maximum Gasteiger partial charge on any atom is 0.254 e. The molecule has 1 saturated heterocycles. The van der Waals surface area contributed by atoms with Crippen molar-refractivity contribution in [3.05, 3.63) is 51.9 Å². The largest absolute Gasteiger partial charge is 0.368 e. The lowest BCUT2D eigenvalue weighted by molar-refractivity contribution is -0.124. The molecule has 5 nitrogen and oxygen atoms in total. The Bertz CT molecular complexity index is 810. The van der Waals surface area contributed by atoms with E-state index in [0.29, 0.717) is 23.7 Å². The summed E-state index contributed by atoms with van der Waals surface area (Å²) in [6, 6.07) is 9.83. The van der Waals surface area contributed by atoms with Gasteiger partial charge in [0.05, 0.1) is 5.56 Å². The van der Waals surface area contributed by atoms with Crippen LogP contribution in [0.3, 0.4) is 0 Å². The Hall–Kier alpha value is -2.18. The summed E-state index contributed by atoms with van der Waals surface area (Å²) in [7, 11) is 0. The molecule has 6 heteroatoms. The molecule has 2 aromatic rings. The highest BCUT2D eigenvalue weighted by Gasteiger charge is 2.30. The number of aryl methyl sites for hydroxylation is 1. The summed E-state index contributed by atoms with van der Waals surface area (Å²) >= 11 is 1.54. The minimum atomic E-state index is -0.396. The first-order chi connectivity index (χ1) is 12.7. The van der Waals surface area contributed by atoms with Crippen molar-refractivity contribution in [3.63, 3.8) is 0 Å². The molecule has 0 bridgehead atoms.